The molecule has 0 aromatic carbocycles. The summed E-state index contributed by atoms with van der Waals surface area (Å²) in [4.78, 5) is 16.8. The Bertz CT molecular complexity index is 363. The van der Waals surface area contributed by atoms with Crippen LogP contribution in [0.1, 0.15) is 18.5 Å². The molecule has 1 aromatic rings. The Labute approximate surface area is 82.8 Å². The first-order chi connectivity index (χ1) is 6.15. The molecule has 0 spiro atoms. The van der Waals surface area contributed by atoms with Crippen LogP contribution in [0.4, 0.5) is 4.39 Å². The van der Waals surface area contributed by atoms with Crippen LogP contribution >= 0.6 is 15.9 Å². The molecule has 0 fully saturated rings. The highest BCUT2D eigenvalue weighted by Gasteiger charge is 2.10. The van der Waals surface area contributed by atoms with E-state index in [9.17, 15) is 9.18 Å². The number of aromatic nitrogens is 1. The molecule has 0 bridgehead atoms. The zero-order valence-electron chi connectivity index (χ0n) is 6.79. The second kappa shape index (κ2) is 4.25. The van der Waals surface area contributed by atoms with E-state index in [4.69, 9.17) is 0 Å². The summed E-state index contributed by atoms with van der Waals surface area (Å²) in [5.41, 5.74) is 0.276. The molecule has 1 unspecified atom stereocenters. The number of isocyanates is 1. The van der Waals surface area contributed by atoms with Crippen LogP contribution in [0.25, 0.3) is 0 Å². The Morgan fingerprint density at radius 3 is 3.08 bits per heavy atom. The van der Waals surface area contributed by atoms with Gasteiger partial charge in [0, 0.05) is 16.2 Å². The molecule has 0 saturated heterocycles. The number of halogens is 2. The second-order valence-corrected chi connectivity index (χ2v) is 3.35. The van der Waals surface area contributed by atoms with Gasteiger partial charge >= 0.3 is 0 Å². The highest BCUT2D eigenvalue weighted by Crippen LogP contribution is 2.21. The molecule has 13 heavy (non-hydrogen) atoms. The third-order valence-electron chi connectivity index (χ3n) is 1.53. The molecule has 1 aromatic heterocycles. The molecular weight excluding hydrogens is 239 g/mol. The maximum atomic E-state index is 13.0. The average Bonchev–Trinajstić information content (AvgIpc) is 2.09. The Morgan fingerprint density at radius 1 is 1.77 bits per heavy atom. The van der Waals surface area contributed by atoms with E-state index in [1.807, 2.05) is 0 Å². The summed E-state index contributed by atoms with van der Waals surface area (Å²) >= 11 is 3.15. The van der Waals surface area contributed by atoms with Crippen molar-refractivity contribution in [3.05, 3.63) is 28.2 Å². The standard InChI is InChI=1S/C8H6BrFN2O/c1-5(12-4-13)7-2-6(9)3-11-8(7)10/h2-3,5H,1H3. The van der Waals surface area contributed by atoms with Crippen molar-refractivity contribution < 1.29 is 9.18 Å². The summed E-state index contributed by atoms with van der Waals surface area (Å²) in [5.74, 6) is -0.616. The van der Waals surface area contributed by atoms with Crippen molar-refractivity contribution in [3.63, 3.8) is 0 Å². The summed E-state index contributed by atoms with van der Waals surface area (Å²) in [6, 6.07) is 0.982. The summed E-state index contributed by atoms with van der Waals surface area (Å²) in [6.07, 6.45) is 2.72. The van der Waals surface area contributed by atoms with E-state index in [1.54, 1.807) is 6.92 Å². The third kappa shape index (κ3) is 2.44. The van der Waals surface area contributed by atoms with E-state index in [-0.39, 0.29) is 5.56 Å². The molecule has 0 aliphatic carbocycles. The van der Waals surface area contributed by atoms with Crippen LogP contribution in [0.15, 0.2) is 21.7 Å². The zero-order chi connectivity index (χ0) is 9.84. The van der Waals surface area contributed by atoms with Gasteiger partial charge in [0.15, 0.2) is 0 Å². The summed E-state index contributed by atoms with van der Waals surface area (Å²) in [7, 11) is 0. The molecule has 1 heterocycles. The van der Waals surface area contributed by atoms with Crippen molar-refractivity contribution in [1.82, 2.24) is 4.98 Å². The molecule has 0 N–H and O–H groups in total. The van der Waals surface area contributed by atoms with Crippen molar-refractivity contribution in [2.45, 2.75) is 13.0 Å². The second-order valence-electron chi connectivity index (χ2n) is 2.43. The molecule has 0 aliphatic rings. The molecule has 3 nitrogen and oxygen atoms in total. The predicted molar refractivity (Wildman–Crippen MR) is 48.4 cm³/mol. The van der Waals surface area contributed by atoms with Crippen LogP contribution in [-0.4, -0.2) is 11.1 Å². The number of nitrogens with zero attached hydrogens (tertiary/aromatic N) is 2. The normalized spacial score (nSPS) is 11.9. The minimum absolute atomic E-state index is 0.276. The van der Waals surface area contributed by atoms with Gasteiger partial charge in [0.1, 0.15) is 0 Å². The molecule has 68 valence electrons. The highest BCUT2D eigenvalue weighted by molar-refractivity contribution is 9.10. The number of aliphatic imine (C=N–C) groups is 1. The lowest BCUT2D eigenvalue weighted by atomic mass is 10.1. The lowest BCUT2D eigenvalue weighted by molar-refractivity contribution is 0.543. The number of carbonyl (C=O) groups excluding carboxylic acids is 1. The van der Waals surface area contributed by atoms with Gasteiger partial charge in [0.05, 0.1) is 6.04 Å². The van der Waals surface area contributed by atoms with Crippen LogP contribution in [0.2, 0.25) is 0 Å². The fourth-order valence-electron chi connectivity index (χ4n) is 0.880. The SMILES string of the molecule is CC(N=C=O)c1cc(Br)cnc1F. The molecule has 0 amide bonds. The topological polar surface area (TPSA) is 42.3 Å². The molecule has 1 atom stereocenters. The quantitative estimate of drug-likeness (QED) is 0.456. The third-order valence-corrected chi connectivity index (χ3v) is 1.96. The number of rotatable bonds is 2. The number of hydrogen-bond acceptors (Lipinski definition) is 3. The van der Waals surface area contributed by atoms with Gasteiger partial charge in [-0.15, -0.1) is 0 Å². The van der Waals surface area contributed by atoms with E-state index in [0.717, 1.165) is 0 Å². The van der Waals surface area contributed by atoms with E-state index < -0.39 is 12.0 Å². The number of pyridine rings is 1. The first-order valence-corrected chi connectivity index (χ1v) is 4.32. The van der Waals surface area contributed by atoms with Crippen LogP contribution in [-0.2, 0) is 4.79 Å². The van der Waals surface area contributed by atoms with E-state index in [1.165, 1.54) is 18.3 Å². The maximum Gasteiger partial charge on any atom is 0.235 e. The molecule has 1 rings (SSSR count). The summed E-state index contributed by atoms with van der Waals surface area (Å²) in [6.45, 7) is 1.59. The average molecular weight is 245 g/mol. The molecule has 0 saturated carbocycles. The van der Waals surface area contributed by atoms with E-state index in [0.29, 0.717) is 4.47 Å². The van der Waals surface area contributed by atoms with Crippen molar-refractivity contribution in [2.24, 2.45) is 4.99 Å². The Morgan fingerprint density at radius 2 is 2.46 bits per heavy atom. The van der Waals surface area contributed by atoms with Crippen molar-refractivity contribution >= 4 is 22.0 Å². The van der Waals surface area contributed by atoms with Crippen molar-refractivity contribution in [3.8, 4) is 0 Å². The monoisotopic (exact) mass is 244 g/mol. The first-order valence-electron chi connectivity index (χ1n) is 3.53. The smallest absolute Gasteiger partial charge is 0.227 e. The van der Waals surface area contributed by atoms with E-state index in [2.05, 4.69) is 25.9 Å². The fourth-order valence-corrected chi connectivity index (χ4v) is 1.23. The largest absolute Gasteiger partial charge is 0.235 e. The van der Waals surface area contributed by atoms with Crippen LogP contribution in [0, 0.1) is 5.95 Å². The lowest BCUT2D eigenvalue weighted by Gasteiger charge is -2.04. The molecular formula is C8H6BrFN2O. The van der Waals surface area contributed by atoms with Crippen molar-refractivity contribution in [1.29, 1.82) is 0 Å². The van der Waals surface area contributed by atoms with Gasteiger partial charge in [0.25, 0.3) is 0 Å². The summed E-state index contributed by atoms with van der Waals surface area (Å²) < 4.78 is 13.7. The Balaban J connectivity index is 3.12. The number of hydrogen-bond donors (Lipinski definition) is 0. The van der Waals surface area contributed by atoms with Gasteiger partial charge in [-0.25, -0.2) is 9.78 Å². The maximum absolute atomic E-state index is 13.0. The Hall–Kier alpha value is -1.06. The minimum Gasteiger partial charge on any atom is -0.227 e. The van der Waals surface area contributed by atoms with Gasteiger partial charge in [0.2, 0.25) is 12.0 Å². The van der Waals surface area contributed by atoms with Crippen LogP contribution in [0.3, 0.4) is 0 Å². The molecule has 5 heteroatoms. The molecule has 0 aliphatic heterocycles. The lowest BCUT2D eigenvalue weighted by Crippen LogP contribution is -1.96. The summed E-state index contributed by atoms with van der Waals surface area (Å²) in [5, 5.41) is 0. The van der Waals surface area contributed by atoms with Crippen molar-refractivity contribution in [2.75, 3.05) is 0 Å². The first kappa shape index (κ1) is 10.0. The zero-order valence-corrected chi connectivity index (χ0v) is 8.38. The highest BCUT2D eigenvalue weighted by atomic mass is 79.9. The van der Waals surface area contributed by atoms with Gasteiger partial charge in [-0.1, -0.05) is 0 Å². The van der Waals surface area contributed by atoms with Gasteiger partial charge in [-0.3, -0.25) is 0 Å². The van der Waals surface area contributed by atoms with E-state index >= 15 is 0 Å². The predicted octanol–water partition coefficient (Wildman–Crippen LogP) is 2.38. The fraction of sp³-hybridized carbons (Fsp3) is 0.250. The molecule has 0 radical (unpaired) electrons. The van der Waals surface area contributed by atoms with Gasteiger partial charge < -0.3 is 0 Å². The van der Waals surface area contributed by atoms with Crippen LogP contribution < -0.4 is 0 Å². The van der Waals surface area contributed by atoms with Gasteiger partial charge in [-0.2, -0.15) is 9.38 Å². The Kier molecular flexibility index (Phi) is 3.28. The minimum atomic E-state index is -0.616. The van der Waals surface area contributed by atoms with Gasteiger partial charge in [-0.05, 0) is 28.9 Å². The van der Waals surface area contributed by atoms with Crippen LogP contribution in [0.5, 0.6) is 0 Å².